The highest BCUT2D eigenvalue weighted by Gasteiger charge is 2.12. The molecule has 4 nitrogen and oxygen atoms in total. The van der Waals surface area contributed by atoms with E-state index in [0.717, 1.165) is 5.69 Å². The third-order valence-corrected chi connectivity index (χ3v) is 2.20. The highest BCUT2D eigenvalue weighted by Crippen LogP contribution is 2.13. The lowest BCUT2D eigenvalue weighted by molar-refractivity contribution is 0.0694. The summed E-state index contributed by atoms with van der Waals surface area (Å²) in [6.07, 6.45) is 1.38. The number of para-hydroxylation sites is 1. The SMILES string of the molecule is O=C(O)c1ccoc1CNc1ccccc1. The summed E-state index contributed by atoms with van der Waals surface area (Å²) in [7, 11) is 0. The molecule has 0 aliphatic heterocycles. The molecular formula is C12H11NO3. The lowest BCUT2D eigenvalue weighted by atomic mass is 10.2. The number of carbonyl (C=O) groups is 1. The molecule has 16 heavy (non-hydrogen) atoms. The Morgan fingerprint density at radius 2 is 2.00 bits per heavy atom. The Morgan fingerprint density at radius 1 is 1.25 bits per heavy atom. The molecule has 0 spiro atoms. The van der Waals surface area contributed by atoms with E-state index in [1.54, 1.807) is 0 Å². The van der Waals surface area contributed by atoms with Crippen molar-refractivity contribution in [3.8, 4) is 0 Å². The zero-order chi connectivity index (χ0) is 11.4. The second kappa shape index (κ2) is 4.53. The Bertz CT molecular complexity index is 476. The zero-order valence-corrected chi connectivity index (χ0v) is 8.51. The van der Waals surface area contributed by atoms with Crippen LogP contribution < -0.4 is 5.32 Å². The molecule has 0 amide bonds. The van der Waals surface area contributed by atoms with Crippen molar-refractivity contribution in [2.24, 2.45) is 0 Å². The highest BCUT2D eigenvalue weighted by molar-refractivity contribution is 5.88. The van der Waals surface area contributed by atoms with Crippen LogP contribution >= 0.6 is 0 Å². The van der Waals surface area contributed by atoms with Crippen molar-refractivity contribution in [2.45, 2.75) is 6.54 Å². The molecule has 4 heteroatoms. The van der Waals surface area contributed by atoms with Crippen molar-refractivity contribution in [3.05, 3.63) is 54.0 Å². The average Bonchev–Trinajstić information content (AvgIpc) is 2.76. The van der Waals surface area contributed by atoms with Crippen LogP contribution in [0, 0.1) is 0 Å². The van der Waals surface area contributed by atoms with Gasteiger partial charge < -0.3 is 14.8 Å². The summed E-state index contributed by atoms with van der Waals surface area (Å²) in [6, 6.07) is 11.0. The van der Waals surface area contributed by atoms with E-state index in [9.17, 15) is 4.79 Å². The van der Waals surface area contributed by atoms with E-state index in [4.69, 9.17) is 9.52 Å². The number of anilines is 1. The van der Waals surface area contributed by atoms with Crippen molar-refractivity contribution in [3.63, 3.8) is 0 Å². The first-order valence-corrected chi connectivity index (χ1v) is 4.86. The summed E-state index contributed by atoms with van der Waals surface area (Å²) in [4.78, 5) is 10.8. The van der Waals surface area contributed by atoms with Gasteiger partial charge in [0.05, 0.1) is 12.8 Å². The van der Waals surface area contributed by atoms with Crippen LogP contribution in [0.2, 0.25) is 0 Å². The quantitative estimate of drug-likeness (QED) is 0.826. The first kappa shape index (κ1) is 10.3. The van der Waals surface area contributed by atoms with Gasteiger partial charge in [0, 0.05) is 5.69 Å². The van der Waals surface area contributed by atoms with Crippen LogP contribution in [0.3, 0.4) is 0 Å². The number of carboxylic acids is 1. The van der Waals surface area contributed by atoms with Gasteiger partial charge in [-0.25, -0.2) is 4.79 Å². The van der Waals surface area contributed by atoms with E-state index in [-0.39, 0.29) is 5.56 Å². The number of benzene rings is 1. The van der Waals surface area contributed by atoms with Crippen molar-refractivity contribution in [2.75, 3.05) is 5.32 Å². The summed E-state index contributed by atoms with van der Waals surface area (Å²) in [5.41, 5.74) is 1.12. The Balaban J connectivity index is 2.05. The Hall–Kier alpha value is -2.23. The van der Waals surface area contributed by atoms with Crippen molar-refractivity contribution in [1.82, 2.24) is 0 Å². The molecule has 0 atom stereocenters. The predicted octanol–water partition coefficient (Wildman–Crippen LogP) is 2.59. The number of rotatable bonds is 4. The maximum absolute atomic E-state index is 10.8. The monoisotopic (exact) mass is 217 g/mol. The fourth-order valence-electron chi connectivity index (χ4n) is 1.41. The molecule has 0 aliphatic rings. The van der Waals surface area contributed by atoms with Gasteiger partial charge >= 0.3 is 5.97 Å². The van der Waals surface area contributed by atoms with Crippen molar-refractivity contribution >= 4 is 11.7 Å². The molecule has 2 N–H and O–H groups in total. The van der Waals surface area contributed by atoms with Crippen LogP contribution in [-0.2, 0) is 6.54 Å². The van der Waals surface area contributed by atoms with Gasteiger partial charge in [0.25, 0.3) is 0 Å². The molecule has 2 aromatic rings. The van der Waals surface area contributed by atoms with Crippen LogP contribution in [-0.4, -0.2) is 11.1 Å². The maximum atomic E-state index is 10.8. The molecule has 0 radical (unpaired) electrons. The molecule has 0 bridgehead atoms. The van der Waals surface area contributed by atoms with Crippen LogP contribution in [0.4, 0.5) is 5.69 Å². The lowest BCUT2D eigenvalue weighted by Crippen LogP contribution is -2.04. The third kappa shape index (κ3) is 2.23. The number of furan rings is 1. The van der Waals surface area contributed by atoms with E-state index in [1.807, 2.05) is 30.3 Å². The molecule has 1 aromatic carbocycles. The number of hydrogen-bond donors (Lipinski definition) is 2. The molecule has 1 aromatic heterocycles. The molecule has 0 fully saturated rings. The second-order valence-electron chi connectivity index (χ2n) is 3.28. The maximum Gasteiger partial charge on any atom is 0.339 e. The first-order chi connectivity index (χ1) is 7.77. The van der Waals surface area contributed by atoms with Gasteiger partial charge in [-0.3, -0.25) is 0 Å². The summed E-state index contributed by atoms with van der Waals surface area (Å²) in [5, 5.41) is 11.9. The van der Waals surface area contributed by atoms with Crippen LogP contribution in [0.25, 0.3) is 0 Å². The second-order valence-corrected chi connectivity index (χ2v) is 3.28. The minimum absolute atomic E-state index is 0.198. The average molecular weight is 217 g/mol. The van der Waals surface area contributed by atoms with Crippen molar-refractivity contribution in [1.29, 1.82) is 0 Å². The van der Waals surface area contributed by atoms with Gasteiger partial charge in [0.1, 0.15) is 11.3 Å². The third-order valence-electron chi connectivity index (χ3n) is 2.20. The minimum Gasteiger partial charge on any atom is -0.478 e. The Kier molecular flexibility index (Phi) is 2.91. The fraction of sp³-hybridized carbons (Fsp3) is 0.0833. The molecule has 0 saturated carbocycles. The molecule has 2 rings (SSSR count). The van der Waals surface area contributed by atoms with Gasteiger partial charge in [-0.2, -0.15) is 0 Å². The summed E-state index contributed by atoms with van der Waals surface area (Å²) >= 11 is 0. The van der Waals surface area contributed by atoms with E-state index < -0.39 is 5.97 Å². The standard InChI is InChI=1S/C12H11NO3/c14-12(15)10-6-7-16-11(10)8-13-9-4-2-1-3-5-9/h1-7,13H,8H2,(H,14,15). The summed E-state index contributed by atoms with van der Waals surface area (Å²) in [5.74, 6) is -0.546. The first-order valence-electron chi connectivity index (χ1n) is 4.86. The van der Waals surface area contributed by atoms with Gasteiger partial charge in [0.15, 0.2) is 0 Å². The van der Waals surface area contributed by atoms with Crippen LogP contribution in [0.5, 0.6) is 0 Å². The summed E-state index contributed by atoms with van der Waals surface area (Å²) < 4.78 is 5.10. The highest BCUT2D eigenvalue weighted by atomic mass is 16.4. The molecule has 82 valence electrons. The Morgan fingerprint density at radius 3 is 2.69 bits per heavy atom. The molecule has 1 heterocycles. The van der Waals surface area contributed by atoms with E-state index in [1.165, 1.54) is 12.3 Å². The molecular weight excluding hydrogens is 206 g/mol. The number of nitrogens with one attached hydrogen (secondary N) is 1. The largest absolute Gasteiger partial charge is 0.478 e. The van der Waals surface area contributed by atoms with Gasteiger partial charge in [0.2, 0.25) is 0 Å². The molecule has 0 aliphatic carbocycles. The van der Waals surface area contributed by atoms with E-state index >= 15 is 0 Å². The van der Waals surface area contributed by atoms with E-state index in [0.29, 0.717) is 12.3 Å². The minimum atomic E-state index is -0.974. The number of aromatic carboxylic acids is 1. The summed E-state index contributed by atoms with van der Waals surface area (Å²) in [6.45, 7) is 0.360. The van der Waals surface area contributed by atoms with Gasteiger partial charge in [-0.15, -0.1) is 0 Å². The van der Waals surface area contributed by atoms with Crippen LogP contribution in [0.1, 0.15) is 16.1 Å². The predicted molar refractivity (Wildman–Crippen MR) is 59.4 cm³/mol. The van der Waals surface area contributed by atoms with Gasteiger partial charge in [-0.1, -0.05) is 18.2 Å². The number of carboxylic acid groups (broad SMARTS) is 1. The van der Waals surface area contributed by atoms with Crippen LogP contribution in [0.15, 0.2) is 47.1 Å². The topological polar surface area (TPSA) is 62.5 Å². The van der Waals surface area contributed by atoms with E-state index in [2.05, 4.69) is 5.32 Å². The smallest absolute Gasteiger partial charge is 0.339 e. The number of hydrogen-bond acceptors (Lipinski definition) is 3. The van der Waals surface area contributed by atoms with Crippen molar-refractivity contribution < 1.29 is 14.3 Å². The Labute approximate surface area is 92.5 Å². The zero-order valence-electron chi connectivity index (χ0n) is 8.51. The fourth-order valence-corrected chi connectivity index (χ4v) is 1.41. The molecule has 0 saturated heterocycles. The van der Waals surface area contributed by atoms with Gasteiger partial charge in [-0.05, 0) is 18.2 Å². The normalized spacial score (nSPS) is 10.0. The molecule has 0 unspecified atom stereocenters. The lowest BCUT2D eigenvalue weighted by Gasteiger charge is -2.04.